The summed E-state index contributed by atoms with van der Waals surface area (Å²) < 4.78 is 28.3. The highest BCUT2D eigenvalue weighted by molar-refractivity contribution is 9.10. The fourth-order valence-electron chi connectivity index (χ4n) is 3.27. The quantitative estimate of drug-likeness (QED) is 0.926. The first-order chi connectivity index (χ1) is 8.54. The number of benzene rings is 1. The van der Waals surface area contributed by atoms with E-state index in [0.717, 1.165) is 16.8 Å². The minimum absolute atomic E-state index is 0.150. The molecule has 0 spiro atoms. The van der Waals surface area contributed by atoms with E-state index in [0.29, 0.717) is 10.8 Å². The molecule has 0 unspecified atom stereocenters. The highest BCUT2D eigenvalue weighted by Gasteiger charge is 2.41. The third kappa shape index (κ3) is 2.36. The van der Waals surface area contributed by atoms with E-state index in [9.17, 15) is 8.42 Å². The van der Waals surface area contributed by atoms with Crippen molar-refractivity contribution >= 4 is 26.0 Å². The molecule has 2 aliphatic rings. The molecular weight excluding hydrogens is 314 g/mol. The Morgan fingerprint density at radius 2 is 1.83 bits per heavy atom. The lowest BCUT2D eigenvalue weighted by Gasteiger charge is -2.22. The number of hydrogen-bond donors (Lipinski definition) is 1. The summed E-state index contributed by atoms with van der Waals surface area (Å²) in [6, 6.07) is 6.95. The normalized spacial score (nSPS) is 30.8. The summed E-state index contributed by atoms with van der Waals surface area (Å²) in [7, 11) is -3.35. The van der Waals surface area contributed by atoms with Crippen LogP contribution in [0.3, 0.4) is 0 Å². The molecule has 5 heteroatoms. The molecule has 0 radical (unpaired) electrons. The van der Waals surface area contributed by atoms with Crippen LogP contribution < -0.4 is 4.72 Å². The van der Waals surface area contributed by atoms with Crippen LogP contribution in [-0.2, 0) is 10.0 Å². The van der Waals surface area contributed by atoms with Crippen LogP contribution in [0, 0.1) is 11.8 Å². The van der Waals surface area contributed by atoms with Gasteiger partial charge in [-0.2, -0.15) is 0 Å². The van der Waals surface area contributed by atoms with Gasteiger partial charge in [0.05, 0.1) is 4.90 Å². The van der Waals surface area contributed by atoms with Crippen molar-refractivity contribution in [1.82, 2.24) is 4.72 Å². The standard InChI is InChI=1S/C13H16BrNO2S/c14-11-3-5-12(6-4-11)18(16,17)15-13-8-9-1-2-10(13)7-9/h3-6,9-10,13,15H,1-2,7-8H2/t9-,10-,13-/m0/s1. The Morgan fingerprint density at radius 1 is 1.11 bits per heavy atom. The van der Waals surface area contributed by atoms with Crippen LogP contribution in [0.5, 0.6) is 0 Å². The molecule has 1 N–H and O–H groups in total. The Bertz CT molecular complexity index is 541. The summed E-state index contributed by atoms with van der Waals surface area (Å²) >= 11 is 3.31. The van der Waals surface area contributed by atoms with Gasteiger partial charge in [0.25, 0.3) is 0 Å². The summed E-state index contributed by atoms with van der Waals surface area (Å²) in [5, 5.41) is 0. The average Bonchev–Trinajstić information content (AvgIpc) is 2.91. The topological polar surface area (TPSA) is 46.2 Å². The van der Waals surface area contributed by atoms with Gasteiger partial charge in [0.2, 0.25) is 10.0 Å². The lowest BCUT2D eigenvalue weighted by Crippen LogP contribution is -2.38. The zero-order chi connectivity index (χ0) is 12.8. The third-order valence-electron chi connectivity index (χ3n) is 4.17. The number of sulfonamides is 1. The molecule has 0 heterocycles. The van der Waals surface area contributed by atoms with Crippen LogP contribution in [0.4, 0.5) is 0 Å². The minimum atomic E-state index is -3.35. The van der Waals surface area contributed by atoms with Crippen LogP contribution in [0.25, 0.3) is 0 Å². The maximum absolute atomic E-state index is 12.2. The summed E-state index contributed by atoms with van der Waals surface area (Å²) in [6.07, 6.45) is 4.67. The smallest absolute Gasteiger partial charge is 0.208 e. The van der Waals surface area contributed by atoms with Gasteiger partial charge in [-0.15, -0.1) is 0 Å². The Morgan fingerprint density at radius 3 is 2.39 bits per heavy atom. The Labute approximate surface area is 116 Å². The second-order valence-corrected chi connectivity index (χ2v) is 7.99. The van der Waals surface area contributed by atoms with E-state index < -0.39 is 10.0 Å². The van der Waals surface area contributed by atoms with E-state index in [1.165, 1.54) is 19.3 Å². The van der Waals surface area contributed by atoms with Crippen molar-refractivity contribution < 1.29 is 8.42 Å². The maximum atomic E-state index is 12.2. The van der Waals surface area contributed by atoms with Gasteiger partial charge in [-0.25, -0.2) is 13.1 Å². The molecule has 98 valence electrons. The first-order valence-corrected chi connectivity index (χ1v) is 8.60. The first-order valence-electron chi connectivity index (χ1n) is 6.32. The van der Waals surface area contributed by atoms with Crippen LogP contribution >= 0.6 is 15.9 Å². The zero-order valence-corrected chi connectivity index (χ0v) is 12.4. The molecule has 0 aromatic heterocycles. The largest absolute Gasteiger partial charge is 0.240 e. The molecule has 2 saturated carbocycles. The Hall–Kier alpha value is -0.390. The highest BCUT2D eigenvalue weighted by Crippen LogP contribution is 2.44. The monoisotopic (exact) mass is 329 g/mol. The van der Waals surface area contributed by atoms with Crippen molar-refractivity contribution in [2.24, 2.45) is 11.8 Å². The average molecular weight is 330 g/mol. The predicted molar refractivity (Wildman–Crippen MR) is 73.7 cm³/mol. The fourth-order valence-corrected chi connectivity index (χ4v) is 4.85. The van der Waals surface area contributed by atoms with E-state index in [4.69, 9.17) is 0 Å². The summed E-state index contributed by atoms with van der Waals surface area (Å²) in [6.45, 7) is 0. The Kier molecular flexibility index (Phi) is 3.24. The van der Waals surface area contributed by atoms with Crippen molar-refractivity contribution in [2.45, 2.75) is 36.6 Å². The summed E-state index contributed by atoms with van der Waals surface area (Å²) in [5.74, 6) is 1.30. The number of halogens is 1. The molecule has 1 aromatic carbocycles. The summed E-state index contributed by atoms with van der Waals surface area (Å²) in [5.41, 5.74) is 0. The van der Waals surface area contributed by atoms with Gasteiger partial charge in [-0.05, 0) is 55.4 Å². The van der Waals surface area contributed by atoms with E-state index in [-0.39, 0.29) is 6.04 Å². The van der Waals surface area contributed by atoms with Gasteiger partial charge in [0, 0.05) is 10.5 Å². The van der Waals surface area contributed by atoms with Crippen LogP contribution in [-0.4, -0.2) is 14.5 Å². The molecule has 1 aromatic rings. The SMILES string of the molecule is O=S(=O)(N[C@H]1C[C@H]2CC[C@H]1C2)c1ccc(Br)cc1. The molecule has 3 rings (SSSR count). The van der Waals surface area contributed by atoms with Crippen molar-refractivity contribution in [1.29, 1.82) is 0 Å². The summed E-state index contributed by atoms with van der Waals surface area (Å²) in [4.78, 5) is 0.355. The Balaban J connectivity index is 1.77. The van der Waals surface area contributed by atoms with Crippen LogP contribution in [0.15, 0.2) is 33.6 Å². The molecule has 0 aliphatic heterocycles. The molecule has 3 nitrogen and oxygen atoms in total. The van der Waals surface area contributed by atoms with Gasteiger partial charge in [-0.1, -0.05) is 22.4 Å². The number of nitrogens with one attached hydrogen (secondary N) is 1. The van der Waals surface area contributed by atoms with E-state index in [1.807, 2.05) is 0 Å². The van der Waals surface area contributed by atoms with E-state index in [2.05, 4.69) is 20.7 Å². The number of hydrogen-bond acceptors (Lipinski definition) is 2. The van der Waals surface area contributed by atoms with Crippen molar-refractivity contribution in [3.8, 4) is 0 Å². The predicted octanol–water partition coefficient (Wildman–Crippen LogP) is 2.92. The molecule has 2 bridgehead atoms. The molecule has 0 saturated heterocycles. The minimum Gasteiger partial charge on any atom is -0.208 e. The maximum Gasteiger partial charge on any atom is 0.240 e. The second-order valence-electron chi connectivity index (χ2n) is 5.36. The molecule has 3 atom stereocenters. The lowest BCUT2D eigenvalue weighted by atomic mass is 9.96. The van der Waals surface area contributed by atoms with Crippen molar-refractivity contribution in [3.63, 3.8) is 0 Å². The number of rotatable bonds is 3. The van der Waals surface area contributed by atoms with Gasteiger partial charge in [-0.3, -0.25) is 0 Å². The van der Waals surface area contributed by atoms with Gasteiger partial charge >= 0.3 is 0 Å². The second kappa shape index (κ2) is 4.62. The van der Waals surface area contributed by atoms with E-state index >= 15 is 0 Å². The molecule has 2 fully saturated rings. The van der Waals surface area contributed by atoms with E-state index in [1.54, 1.807) is 24.3 Å². The fraction of sp³-hybridized carbons (Fsp3) is 0.538. The molecular formula is C13H16BrNO2S. The first kappa shape index (κ1) is 12.6. The van der Waals surface area contributed by atoms with Crippen molar-refractivity contribution in [3.05, 3.63) is 28.7 Å². The number of fused-ring (bicyclic) bond motifs is 2. The van der Waals surface area contributed by atoms with Crippen LogP contribution in [0.2, 0.25) is 0 Å². The third-order valence-corrected chi connectivity index (χ3v) is 6.20. The van der Waals surface area contributed by atoms with Gasteiger partial charge < -0.3 is 0 Å². The van der Waals surface area contributed by atoms with Gasteiger partial charge in [0.1, 0.15) is 0 Å². The zero-order valence-electron chi connectivity index (χ0n) is 9.97. The van der Waals surface area contributed by atoms with Crippen LogP contribution in [0.1, 0.15) is 25.7 Å². The highest BCUT2D eigenvalue weighted by atomic mass is 79.9. The molecule has 2 aliphatic carbocycles. The molecule has 18 heavy (non-hydrogen) atoms. The molecule has 0 amide bonds. The van der Waals surface area contributed by atoms with Gasteiger partial charge in [0.15, 0.2) is 0 Å². The van der Waals surface area contributed by atoms with Crippen molar-refractivity contribution in [2.75, 3.05) is 0 Å². The lowest BCUT2D eigenvalue weighted by molar-refractivity contribution is 0.390.